The number of nitrogens with zero attached hydrogens (tertiary/aromatic N) is 2. The Balaban J connectivity index is 3.19. The molecule has 0 spiro atoms. The zero-order chi connectivity index (χ0) is 14.4. The highest BCUT2D eigenvalue weighted by Gasteiger charge is 2.40. The van der Waals surface area contributed by atoms with E-state index >= 15 is 0 Å². The molecule has 1 rings (SSSR count). The van der Waals surface area contributed by atoms with E-state index in [2.05, 4.69) is 9.82 Å². The highest BCUT2D eigenvalue weighted by molar-refractivity contribution is 7.89. The first-order valence-electron chi connectivity index (χ1n) is 5.32. The molecule has 18 heavy (non-hydrogen) atoms. The predicted octanol–water partition coefficient (Wildman–Crippen LogP) is 0.901. The maximum absolute atomic E-state index is 12.2. The summed E-state index contributed by atoms with van der Waals surface area (Å²) >= 11 is 5.81. The van der Waals surface area contributed by atoms with Crippen molar-refractivity contribution in [1.82, 2.24) is 14.5 Å². The Bertz CT molecular complexity index is 524. The van der Waals surface area contributed by atoms with Crippen LogP contribution >= 0.6 is 11.6 Å². The van der Waals surface area contributed by atoms with Crippen LogP contribution in [-0.2, 0) is 17.1 Å². The van der Waals surface area contributed by atoms with E-state index in [1.807, 2.05) is 0 Å². The fraction of sp³-hybridized carbons (Fsp3) is 0.700. The summed E-state index contributed by atoms with van der Waals surface area (Å²) in [5, 5.41) is 13.7. The van der Waals surface area contributed by atoms with Gasteiger partial charge in [-0.3, -0.25) is 4.68 Å². The third-order valence-corrected chi connectivity index (χ3v) is 5.18. The summed E-state index contributed by atoms with van der Waals surface area (Å²) in [7, 11) is -2.38. The predicted molar refractivity (Wildman–Crippen MR) is 68.9 cm³/mol. The van der Waals surface area contributed by atoms with E-state index in [0.29, 0.717) is 0 Å². The third kappa shape index (κ3) is 2.85. The number of aryl methyl sites for hydroxylation is 1. The summed E-state index contributed by atoms with van der Waals surface area (Å²) in [6.07, 6.45) is 1.26. The molecule has 1 aromatic heterocycles. The van der Waals surface area contributed by atoms with Crippen LogP contribution in [0.2, 0.25) is 5.02 Å². The number of sulfonamides is 1. The maximum atomic E-state index is 12.2. The summed E-state index contributed by atoms with van der Waals surface area (Å²) in [6, 6.07) is 0. The van der Waals surface area contributed by atoms with E-state index < -0.39 is 21.2 Å². The molecule has 0 aliphatic carbocycles. The van der Waals surface area contributed by atoms with Gasteiger partial charge in [-0.1, -0.05) is 11.6 Å². The molecule has 1 heterocycles. The summed E-state index contributed by atoms with van der Waals surface area (Å²) in [6.45, 7) is 6.24. The van der Waals surface area contributed by atoms with Crippen LogP contribution in [0.4, 0.5) is 0 Å². The lowest BCUT2D eigenvalue weighted by molar-refractivity contribution is 0.00633. The van der Waals surface area contributed by atoms with Gasteiger partial charge in [0.2, 0.25) is 0 Å². The number of aliphatic hydroxyl groups is 1. The SMILES string of the molecule is Cn1ncc(Cl)c1S(=O)(=O)NC(C)(C)C(C)(C)O. The Labute approximate surface area is 112 Å². The Hall–Kier alpha value is -0.630. The number of hydrogen-bond acceptors (Lipinski definition) is 4. The molecule has 2 N–H and O–H groups in total. The second-order valence-electron chi connectivity index (χ2n) is 5.21. The van der Waals surface area contributed by atoms with Crippen LogP contribution in [0.1, 0.15) is 27.7 Å². The second-order valence-corrected chi connectivity index (χ2v) is 7.22. The quantitative estimate of drug-likeness (QED) is 0.864. The number of aromatic nitrogens is 2. The largest absolute Gasteiger partial charge is 0.389 e. The van der Waals surface area contributed by atoms with E-state index in [9.17, 15) is 13.5 Å². The molecular formula is C10H18ClN3O3S. The molecule has 8 heteroatoms. The normalized spacial score (nSPS) is 13.9. The smallest absolute Gasteiger partial charge is 0.259 e. The van der Waals surface area contributed by atoms with Gasteiger partial charge in [-0.25, -0.2) is 13.1 Å². The molecule has 0 radical (unpaired) electrons. The van der Waals surface area contributed by atoms with Crippen molar-refractivity contribution >= 4 is 21.6 Å². The summed E-state index contributed by atoms with van der Waals surface area (Å²) in [5.41, 5.74) is -2.29. The van der Waals surface area contributed by atoms with Gasteiger partial charge in [-0.05, 0) is 27.7 Å². The molecule has 0 amide bonds. The first kappa shape index (κ1) is 15.4. The molecule has 0 bridgehead atoms. The fourth-order valence-corrected chi connectivity index (χ4v) is 3.40. The van der Waals surface area contributed by atoms with Crippen molar-refractivity contribution in [3.63, 3.8) is 0 Å². The van der Waals surface area contributed by atoms with Gasteiger partial charge < -0.3 is 5.11 Å². The molecule has 0 saturated heterocycles. The molecule has 0 atom stereocenters. The monoisotopic (exact) mass is 295 g/mol. The molecule has 0 saturated carbocycles. The van der Waals surface area contributed by atoms with Crippen molar-refractivity contribution in [2.24, 2.45) is 7.05 Å². The lowest BCUT2D eigenvalue weighted by Crippen LogP contribution is -2.57. The minimum absolute atomic E-state index is 0.0385. The number of nitrogens with one attached hydrogen (secondary N) is 1. The van der Waals surface area contributed by atoms with Gasteiger partial charge in [0.15, 0.2) is 5.03 Å². The van der Waals surface area contributed by atoms with E-state index in [1.165, 1.54) is 31.8 Å². The van der Waals surface area contributed by atoms with E-state index in [4.69, 9.17) is 11.6 Å². The van der Waals surface area contributed by atoms with Crippen molar-refractivity contribution in [2.45, 2.75) is 43.9 Å². The molecule has 6 nitrogen and oxygen atoms in total. The fourth-order valence-electron chi connectivity index (χ4n) is 1.21. The average molecular weight is 296 g/mol. The molecule has 0 aliphatic heterocycles. The summed E-state index contributed by atoms with van der Waals surface area (Å²) < 4.78 is 28.1. The minimum atomic E-state index is -3.86. The molecule has 1 aromatic rings. The number of rotatable bonds is 4. The van der Waals surface area contributed by atoms with Crippen LogP contribution in [0, 0.1) is 0 Å². The van der Waals surface area contributed by atoms with Crippen LogP contribution in [0.15, 0.2) is 11.2 Å². The lowest BCUT2D eigenvalue weighted by atomic mass is 9.87. The molecule has 0 unspecified atom stereocenters. The molecule has 0 aromatic carbocycles. The van der Waals surface area contributed by atoms with Crippen molar-refractivity contribution in [1.29, 1.82) is 0 Å². The topological polar surface area (TPSA) is 84.2 Å². The van der Waals surface area contributed by atoms with E-state index in [-0.39, 0.29) is 10.0 Å². The van der Waals surface area contributed by atoms with E-state index in [0.717, 1.165) is 0 Å². The van der Waals surface area contributed by atoms with Crippen LogP contribution < -0.4 is 4.72 Å². The number of halogens is 1. The Kier molecular flexibility index (Phi) is 3.84. The molecule has 0 aliphatic rings. The maximum Gasteiger partial charge on any atom is 0.259 e. The zero-order valence-corrected chi connectivity index (χ0v) is 12.6. The second kappa shape index (κ2) is 4.48. The molecule has 0 fully saturated rings. The Morgan fingerprint density at radius 3 is 2.22 bits per heavy atom. The van der Waals surface area contributed by atoms with Crippen LogP contribution in [-0.4, -0.2) is 34.4 Å². The first-order chi connectivity index (χ1) is 7.88. The zero-order valence-electron chi connectivity index (χ0n) is 11.0. The van der Waals surface area contributed by atoms with Crippen LogP contribution in [0.25, 0.3) is 0 Å². The Morgan fingerprint density at radius 2 is 1.89 bits per heavy atom. The van der Waals surface area contributed by atoms with Crippen molar-refractivity contribution in [2.75, 3.05) is 0 Å². The first-order valence-corrected chi connectivity index (χ1v) is 7.18. The van der Waals surface area contributed by atoms with Gasteiger partial charge in [-0.15, -0.1) is 0 Å². The van der Waals surface area contributed by atoms with Gasteiger partial charge in [-0.2, -0.15) is 5.10 Å². The van der Waals surface area contributed by atoms with Gasteiger partial charge in [0, 0.05) is 7.05 Å². The molecular weight excluding hydrogens is 278 g/mol. The van der Waals surface area contributed by atoms with Gasteiger partial charge in [0.25, 0.3) is 10.0 Å². The minimum Gasteiger partial charge on any atom is -0.389 e. The van der Waals surface area contributed by atoms with E-state index in [1.54, 1.807) is 13.8 Å². The van der Waals surface area contributed by atoms with Crippen LogP contribution in [0.5, 0.6) is 0 Å². The summed E-state index contributed by atoms with van der Waals surface area (Å²) in [4.78, 5) is 0. The van der Waals surface area contributed by atoms with Gasteiger partial charge in [0.1, 0.15) is 0 Å². The number of hydrogen-bond donors (Lipinski definition) is 2. The van der Waals surface area contributed by atoms with Crippen LogP contribution in [0.3, 0.4) is 0 Å². The lowest BCUT2D eigenvalue weighted by Gasteiger charge is -2.37. The van der Waals surface area contributed by atoms with Crippen molar-refractivity contribution in [3.8, 4) is 0 Å². The summed E-state index contributed by atoms with van der Waals surface area (Å²) in [5.74, 6) is 0. The van der Waals surface area contributed by atoms with Crippen molar-refractivity contribution in [3.05, 3.63) is 11.2 Å². The Morgan fingerprint density at radius 1 is 1.39 bits per heavy atom. The highest BCUT2D eigenvalue weighted by Crippen LogP contribution is 2.26. The van der Waals surface area contributed by atoms with Gasteiger partial charge in [0.05, 0.1) is 22.4 Å². The average Bonchev–Trinajstić information content (AvgIpc) is 2.42. The third-order valence-electron chi connectivity index (χ3n) is 3.02. The van der Waals surface area contributed by atoms with Gasteiger partial charge >= 0.3 is 0 Å². The standard InChI is InChI=1S/C10H18ClN3O3S/c1-9(2,10(3,4)15)13-18(16,17)8-7(11)6-12-14(8)5/h6,13,15H,1-5H3. The highest BCUT2D eigenvalue weighted by atomic mass is 35.5. The molecule has 104 valence electrons. The van der Waals surface area contributed by atoms with Crippen molar-refractivity contribution < 1.29 is 13.5 Å².